The number of amidine groups is 1. The molecule has 0 radical (unpaired) electrons. The van der Waals surface area contributed by atoms with Crippen LogP contribution in [0.2, 0.25) is 0 Å². The molecule has 0 aliphatic rings. The van der Waals surface area contributed by atoms with Crippen LogP contribution in [-0.4, -0.2) is 5.84 Å². The Morgan fingerprint density at radius 3 is 2.43 bits per heavy atom. The lowest BCUT2D eigenvalue weighted by molar-refractivity contribution is 1.03. The van der Waals surface area contributed by atoms with E-state index in [0.717, 1.165) is 34.7 Å². The van der Waals surface area contributed by atoms with Gasteiger partial charge in [-0.05, 0) is 41.0 Å². The van der Waals surface area contributed by atoms with Crippen molar-refractivity contribution in [3.05, 3.63) is 83.4 Å². The van der Waals surface area contributed by atoms with Crippen LogP contribution in [0.4, 0.5) is 0 Å². The second-order valence-corrected chi connectivity index (χ2v) is 5.48. The molecule has 0 saturated carbocycles. The first-order chi connectivity index (χ1) is 11.2. The average molecular weight is 298 g/mol. The van der Waals surface area contributed by atoms with Gasteiger partial charge in [0.2, 0.25) is 0 Å². The molecule has 3 N–H and O–H groups in total. The maximum absolute atomic E-state index is 7.49. The lowest BCUT2D eigenvalue weighted by atomic mass is 10.0. The summed E-state index contributed by atoms with van der Waals surface area (Å²) in [6, 6.07) is 22.3. The number of hydrogen-bond donors (Lipinski definition) is 2. The van der Waals surface area contributed by atoms with Gasteiger partial charge in [-0.25, -0.2) is 0 Å². The van der Waals surface area contributed by atoms with Gasteiger partial charge in [-0.2, -0.15) is 0 Å². The predicted octanol–water partition coefficient (Wildman–Crippen LogP) is 4.11. The highest BCUT2D eigenvalue weighted by Crippen LogP contribution is 2.17. The fraction of sp³-hybridized carbons (Fsp3) is 0.0952. The minimum absolute atomic E-state index is 0.0941. The largest absolute Gasteiger partial charge is 0.384 e. The number of rotatable bonds is 3. The molecule has 23 heavy (non-hydrogen) atoms. The Hall–Kier alpha value is -3.05. The molecule has 3 rings (SSSR count). The molecule has 0 fully saturated rings. The number of benzene rings is 3. The van der Waals surface area contributed by atoms with Crippen molar-refractivity contribution in [2.24, 2.45) is 5.73 Å². The molecule has 0 atom stereocenters. The summed E-state index contributed by atoms with van der Waals surface area (Å²) < 4.78 is 0. The molecule has 112 valence electrons. The minimum atomic E-state index is 0.0941. The van der Waals surface area contributed by atoms with Gasteiger partial charge in [0.1, 0.15) is 5.84 Å². The summed E-state index contributed by atoms with van der Waals surface area (Å²) in [6.07, 6.45) is 1.83. The van der Waals surface area contributed by atoms with Crippen molar-refractivity contribution in [2.75, 3.05) is 0 Å². The highest BCUT2D eigenvalue weighted by molar-refractivity contribution is 5.99. The molecule has 0 saturated heterocycles. The molecular formula is C21H18N2. The molecule has 0 spiro atoms. The fourth-order valence-electron chi connectivity index (χ4n) is 2.51. The predicted molar refractivity (Wildman–Crippen MR) is 96.6 cm³/mol. The number of fused-ring (bicyclic) bond motifs is 1. The number of hydrogen-bond acceptors (Lipinski definition) is 1. The van der Waals surface area contributed by atoms with E-state index in [2.05, 4.69) is 42.2 Å². The van der Waals surface area contributed by atoms with Crippen LogP contribution in [-0.2, 0) is 6.42 Å². The molecule has 0 amide bonds. The molecular weight excluding hydrogens is 280 g/mol. The van der Waals surface area contributed by atoms with Crippen LogP contribution >= 0.6 is 0 Å². The standard InChI is InChI=1S/C21H18N2/c22-21(23)20-13-12-18-14-17(10-11-19(18)15-20)9-5-4-8-16-6-2-1-3-7-16/h1-3,6-7,10-15H,4,8H2,(H3,22,23). The summed E-state index contributed by atoms with van der Waals surface area (Å²) in [5.41, 5.74) is 8.61. The van der Waals surface area contributed by atoms with Gasteiger partial charge in [-0.15, -0.1) is 0 Å². The van der Waals surface area contributed by atoms with Gasteiger partial charge in [0.05, 0.1) is 0 Å². The van der Waals surface area contributed by atoms with E-state index in [0.29, 0.717) is 0 Å². The molecule has 3 aromatic carbocycles. The van der Waals surface area contributed by atoms with E-state index in [1.54, 1.807) is 0 Å². The zero-order valence-corrected chi connectivity index (χ0v) is 12.8. The molecule has 0 unspecified atom stereocenters. The lowest BCUT2D eigenvalue weighted by Gasteiger charge is -2.02. The Morgan fingerprint density at radius 1 is 0.913 bits per heavy atom. The maximum Gasteiger partial charge on any atom is 0.122 e. The molecule has 0 aliphatic heterocycles. The average Bonchev–Trinajstić information content (AvgIpc) is 2.59. The third kappa shape index (κ3) is 3.78. The van der Waals surface area contributed by atoms with Gasteiger partial charge in [-0.1, -0.05) is 60.4 Å². The molecule has 0 aliphatic carbocycles. The van der Waals surface area contributed by atoms with E-state index in [9.17, 15) is 0 Å². The van der Waals surface area contributed by atoms with Crippen LogP contribution in [0.1, 0.15) is 23.1 Å². The van der Waals surface area contributed by atoms with Crippen LogP contribution in [0.25, 0.3) is 10.8 Å². The Balaban J connectivity index is 1.73. The zero-order valence-electron chi connectivity index (χ0n) is 12.8. The van der Waals surface area contributed by atoms with Gasteiger partial charge >= 0.3 is 0 Å². The van der Waals surface area contributed by atoms with Gasteiger partial charge in [-0.3, -0.25) is 5.41 Å². The molecule has 2 nitrogen and oxygen atoms in total. The van der Waals surface area contributed by atoms with E-state index in [-0.39, 0.29) is 5.84 Å². The maximum atomic E-state index is 7.49. The number of nitrogens with two attached hydrogens (primary N) is 1. The van der Waals surface area contributed by atoms with Crippen molar-refractivity contribution in [3.8, 4) is 11.8 Å². The van der Waals surface area contributed by atoms with Crippen LogP contribution < -0.4 is 5.73 Å². The van der Waals surface area contributed by atoms with Crippen molar-refractivity contribution in [2.45, 2.75) is 12.8 Å². The Labute approximate surface area is 136 Å². The Kier molecular flexibility index (Phi) is 4.40. The van der Waals surface area contributed by atoms with Crippen molar-refractivity contribution in [3.63, 3.8) is 0 Å². The van der Waals surface area contributed by atoms with Gasteiger partial charge in [0.15, 0.2) is 0 Å². The third-order valence-electron chi connectivity index (χ3n) is 3.77. The molecule has 3 aromatic rings. The lowest BCUT2D eigenvalue weighted by Crippen LogP contribution is -2.10. The summed E-state index contributed by atoms with van der Waals surface area (Å²) in [4.78, 5) is 0. The van der Waals surface area contributed by atoms with E-state index < -0.39 is 0 Å². The SMILES string of the molecule is N=C(N)c1ccc2cc(C#CCCc3ccccc3)ccc2c1. The fourth-order valence-corrected chi connectivity index (χ4v) is 2.51. The first-order valence-corrected chi connectivity index (χ1v) is 7.63. The smallest absolute Gasteiger partial charge is 0.122 e. The second-order valence-electron chi connectivity index (χ2n) is 5.48. The van der Waals surface area contributed by atoms with Crippen LogP contribution in [0.5, 0.6) is 0 Å². The normalized spacial score (nSPS) is 10.1. The number of nitrogen functional groups attached to an aromatic ring is 1. The number of aryl methyl sites for hydroxylation is 1. The molecule has 2 heteroatoms. The Morgan fingerprint density at radius 2 is 1.65 bits per heavy atom. The quantitative estimate of drug-likeness (QED) is 0.427. The third-order valence-corrected chi connectivity index (χ3v) is 3.77. The molecule has 0 heterocycles. The first kappa shape index (κ1) is 14.9. The monoisotopic (exact) mass is 298 g/mol. The van der Waals surface area contributed by atoms with Crippen molar-refractivity contribution in [1.29, 1.82) is 5.41 Å². The van der Waals surface area contributed by atoms with Gasteiger partial charge in [0.25, 0.3) is 0 Å². The van der Waals surface area contributed by atoms with Gasteiger partial charge in [0, 0.05) is 17.5 Å². The number of nitrogens with one attached hydrogen (secondary N) is 1. The van der Waals surface area contributed by atoms with E-state index in [4.69, 9.17) is 11.1 Å². The zero-order chi connectivity index (χ0) is 16.1. The molecule has 0 aromatic heterocycles. The minimum Gasteiger partial charge on any atom is -0.384 e. The van der Waals surface area contributed by atoms with E-state index in [1.807, 2.05) is 36.4 Å². The highest BCUT2D eigenvalue weighted by atomic mass is 14.7. The highest BCUT2D eigenvalue weighted by Gasteiger charge is 1.99. The van der Waals surface area contributed by atoms with E-state index >= 15 is 0 Å². The second kappa shape index (κ2) is 6.81. The van der Waals surface area contributed by atoms with Crippen LogP contribution in [0, 0.1) is 17.3 Å². The van der Waals surface area contributed by atoms with Crippen molar-refractivity contribution in [1.82, 2.24) is 0 Å². The van der Waals surface area contributed by atoms with Crippen LogP contribution in [0.15, 0.2) is 66.7 Å². The topological polar surface area (TPSA) is 49.9 Å². The molecule has 0 bridgehead atoms. The van der Waals surface area contributed by atoms with Crippen molar-refractivity contribution < 1.29 is 0 Å². The summed E-state index contributed by atoms with van der Waals surface area (Å²) in [7, 11) is 0. The summed E-state index contributed by atoms with van der Waals surface area (Å²) in [5, 5.41) is 9.68. The van der Waals surface area contributed by atoms with Crippen LogP contribution in [0.3, 0.4) is 0 Å². The van der Waals surface area contributed by atoms with Crippen molar-refractivity contribution >= 4 is 16.6 Å². The Bertz CT molecular complexity index is 899. The van der Waals surface area contributed by atoms with E-state index in [1.165, 1.54) is 5.56 Å². The summed E-state index contributed by atoms with van der Waals surface area (Å²) in [6.45, 7) is 0. The van der Waals surface area contributed by atoms with Gasteiger partial charge < -0.3 is 5.73 Å². The summed E-state index contributed by atoms with van der Waals surface area (Å²) in [5.74, 6) is 6.56. The first-order valence-electron chi connectivity index (χ1n) is 7.63. The summed E-state index contributed by atoms with van der Waals surface area (Å²) >= 11 is 0.